The number of alkyl carbamates (subject to hydrolysis) is 1. The van der Waals surface area contributed by atoms with Crippen molar-refractivity contribution in [1.29, 1.82) is 0 Å². The number of carbonyl (C=O) groups is 3. The monoisotopic (exact) mass is 363 g/mol. The highest BCUT2D eigenvalue weighted by Crippen LogP contribution is 2.10. The minimum atomic E-state index is -0.637. The summed E-state index contributed by atoms with van der Waals surface area (Å²) in [5.41, 5.74) is 0.948. The Morgan fingerprint density at radius 2 is 1.65 bits per heavy atom. The third kappa shape index (κ3) is 9.66. The van der Waals surface area contributed by atoms with Crippen LogP contribution in [0.5, 0.6) is 0 Å². The number of unbranched alkanes of at least 4 members (excludes halogenated alkanes) is 1. The quantitative estimate of drug-likeness (QED) is 0.661. The maximum absolute atomic E-state index is 11.8. The van der Waals surface area contributed by atoms with Crippen LogP contribution in [0.4, 0.5) is 10.5 Å². The molecule has 0 saturated carbocycles. The van der Waals surface area contributed by atoms with E-state index in [0.717, 1.165) is 18.4 Å². The van der Waals surface area contributed by atoms with Crippen molar-refractivity contribution in [2.24, 2.45) is 0 Å². The van der Waals surface area contributed by atoms with E-state index in [9.17, 15) is 14.4 Å². The first-order valence-electron chi connectivity index (χ1n) is 8.82. The van der Waals surface area contributed by atoms with E-state index >= 15 is 0 Å². The van der Waals surface area contributed by atoms with Gasteiger partial charge >= 0.3 is 6.09 Å². The van der Waals surface area contributed by atoms with Crippen LogP contribution in [-0.2, 0) is 20.9 Å². The van der Waals surface area contributed by atoms with Crippen LogP contribution in [0.1, 0.15) is 52.5 Å². The molecular weight excluding hydrogens is 334 g/mol. The third-order valence-corrected chi connectivity index (χ3v) is 3.28. The fourth-order valence-corrected chi connectivity index (χ4v) is 2.00. The second-order valence-corrected chi connectivity index (χ2v) is 6.98. The number of nitrogens with one attached hydrogen (secondary N) is 3. The fraction of sp³-hybridized carbons (Fsp3) is 0.526. The molecule has 26 heavy (non-hydrogen) atoms. The number of carbonyl (C=O) groups excluding carboxylic acids is 3. The van der Waals surface area contributed by atoms with E-state index in [-0.39, 0.29) is 18.4 Å². The lowest BCUT2D eigenvalue weighted by Crippen LogP contribution is -2.37. The Morgan fingerprint density at radius 1 is 1.00 bits per heavy atom. The van der Waals surface area contributed by atoms with Crippen LogP contribution in [0.15, 0.2) is 24.3 Å². The van der Waals surface area contributed by atoms with Crippen molar-refractivity contribution in [2.45, 2.75) is 59.1 Å². The van der Waals surface area contributed by atoms with Gasteiger partial charge in [-0.15, -0.1) is 0 Å². The molecule has 0 spiro atoms. The van der Waals surface area contributed by atoms with Gasteiger partial charge in [-0.2, -0.15) is 0 Å². The number of ether oxygens (including phenoxy) is 1. The summed E-state index contributed by atoms with van der Waals surface area (Å²) < 4.78 is 5.06. The third-order valence-electron chi connectivity index (χ3n) is 3.28. The maximum Gasteiger partial charge on any atom is 0.408 e. The van der Waals surface area contributed by atoms with Gasteiger partial charge in [-0.3, -0.25) is 9.59 Å². The highest BCUT2D eigenvalue weighted by molar-refractivity contribution is 5.93. The van der Waals surface area contributed by atoms with E-state index in [1.807, 2.05) is 19.1 Å². The van der Waals surface area contributed by atoms with Gasteiger partial charge in [-0.1, -0.05) is 25.5 Å². The maximum atomic E-state index is 11.8. The van der Waals surface area contributed by atoms with Crippen molar-refractivity contribution in [3.05, 3.63) is 29.8 Å². The van der Waals surface area contributed by atoms with Gasteiger partial charge in [0.1, 0.15) is 12.1 Å². The van der Waals surface area contributed by atoms with Crippen LogP contribution in [0, 0.1) is 0 Å². The van der Waals surface area contributed by atoms with E-state index in [1.54, 1.807) is 32.9 Å². The summed E-state index contributed by atoms with van der Waals surface area (Å²) in [5, 5.41) is 7.94. The molecule has 0 aliphatic heterocycles. The molecule has 0 aromatic heterocycles. The summed E-state index contributed by atoms with van der Waals surface area (Å²) in [6.45, 7) is 7.58. The van der Waals surface area contributed by atoms with Crippen molar-refractivity contribution in [2.75, 3.05) is 11.9 Å². The summed E-state index contributed by atoms with van der Waals surface area (Å²) in [7, 11) is 0. The van der Waals surface area contributed by atoms with Gasteiger partial charge in [0.25, 0.3) is 0 Å². The second-order valence-electron chi connectivity index (χ2n) is 6.98. The van der Waals surface area contributed by atoms with Crippen LogP contribution in [-0.4, -0.2) is 30.1 Å². The molecule has 0 saturated heterocycles. The Bertz CT molecular complexity index is 606. The first-order chi connectivity index (χ1) is 12.2. The SMILES string of the molecule is CCCCC(=O)NCc1ccc(NC(=O)CNC(=O)OC(C)(C)C)cc1. The molecule has 3 N–H and O–H groups in total. The Hall–Kier alpha value is -2.57. The Kier molecular flexibility index (Phi) is 8.61. The van der Waals surface area contributed by atoms with Gasteiger partial charge in [0.05, 0.1) is 0 Å². The molecule has 0 fully saturated rings. The molecule has 0 unspecified atom stereocenters. The number of hydrogen-bond acceptors (Lipinski definition) is 4. The molecular formula is C19H29N3O4. The Morgan fingerprint density at radius 3 is 2.23 bits per heavy atom. The van der Waals surface area contributed by atoms with Crippen molar-refractivity contribution in [1.82, 2.24) is 10.6 Å². The average molecular weight is 363 g/mol. The van der Waals surface area contributed by atoms with E-state index < -0.39 is 11.7 Å². The molecule has 0 heterocycles. The van der Waals surface area contributed by atoms with Gasteiger partial charge in [-0.25, -0.2) is 4.79 Å². The average Bonchev–Trinajstić information content (AvgIpc) is 2.56. The number of rotatable bonds is 8. The van der Waals surface area contributed by atoms with E-state index in [0.29, 0.717) is 18.7 Å². The van der Waals surface area contributed by atoms with Crippen LogP contribution in [0.3, 0.4) is 0 Å². The lowest BCUT2D eigenvalue weighted by molar-refractivity contribution is -0.121. The topological polar surface area (TPSA) is 96.5 Å². The van der Waals surface area contributed by atoms with Crippen LogP contribution < -0.4 is 16.0 Å². The predicted octanol–water partition coefficient (Wildman–Crippen LogP) is 2.96. The highest BCUT2D eigenvalue weighted by atomic mass is 16.6. The molecule has 0 bridgehead atoms. The molecule has 1 aromatic carbocycles. The minimum absolute atomic E-state index is 0.0393. The van der Waals surface area contributed by atoms with E-state index in [1.165, 1.54) is 0 Å². The van der Waals surface area contributed by atoms with E-state index in [2.05, 4.69) is 16.0 Å². The van der Waals surface area contributed by atoms with Crippen molar-refractivity contribution in [3.8, 4) is 0 Å². The molecule has 3 amide bonds. The van der Waals surface area contributed by atoms with Crippen molar-refractivity contribution in [3.63, 3.8) is 0 Å². The molecule has 0 aliphatic carbocycles. The minimum Gasteiger partial charge on any atom is -0.444 e. The largest absolute Gasteiger partial charge is 0.444 e. The zero-order chi connectivity index (χ0) is 19.6. The highest BCUT2D eigenvalue weighted by Gasteiger charge is 2.16. The molecule has 0 atom stereocenters. The normalized spacial score (nSPS) is 10.8. The van der Waals surface area contributed by atoms with Crippen LogP contribution in [0.2, 0.25) is 0 Å². The summed E-state index contributed by atoms with van der Waals surface area (Å²) in [5.74, 6) is -0.311. The molecule has 7 nitrogen and oxygen atoms in total. The molecule has 0 radical (unpaired) electrons. The number of hydrogen-bond donors (Lipinski definition) is 3. The first-order valence-corrected chi connectivity index (χ1v) is 8.82. The van der Waals surface area contributed by atoms with Crippen LogP contribution >= 0.6 is 0 Å². The molecule has 1 rings (SSSR count). The smallest absolute Gasteiger partial charge is 0.408 e. The Balaban J connectivity index is 2.36. The molecule has 7 heteroatoms. The standard InChI is InChI=1S/C19H29N3O4/c1-5-6-7-16(23)20-12-14-8-10-15(11-9-14)22-17(24)13-21-18(25)26-19(2,3)4/h8-11H,5-7,12-13H2,1-4H3,(H,20,23)(H,21,25)(H,22,24). The first kappa shape index (κ1) is 21.5. The lowest BCUT2D eigenvalue weighted by Gasteiger charge is -2.19. The summed E-state index contributed by atoms with van der Waals surface area (Å²) in [4.78, 5) is 34.9. The fourth-order valence-electron chi connectivity index (χ4n) is 2.00. The zero-order valence-electron chi connectivity index (χ0n) is 16.0. The van der Waals surface area contributed by atoms with Gasteiger partial charge in [0, 0.05) is 18.7 Å². The predicted molar refractivity (Wildman–Crippen MR) is 101 cm³/mol. The summed E-state index contributed by atoms with van der Waals surface area (Å²) in [6.07, 6.45) is 1.77. The van der Waals surface area contributed by atoms with Gasteiger partial charge in [-0.05, 0) is 44.9 Å². The van der Waals surface area contributed by atoms with Gasteiger partial charge < -0.3 is 20.7 Å². The number of benzene rings is 1. The van der Waals surface area contributed by atoms with Crippen molar-refractivity contribution < 1.29 is 19.1 Å². The van der Waals surface area contributed by atoms with E-state index in [4.69, 9.17) is 4.74 Å². The molecule has 1 aromatic rings. The van der Waals surface area contributed by atoms with Gasteiger partial charge in [0.15, 0.2) is 0 Å². The van der Waals surface area contributed by atoms with Crippen molar-refractivity contribution >= 4 is 23.6 Å². The molecule has 0 aliphatic rings. The number of amides is 3. The molecule has 144 valence electrons. The Labute approximate surface area is 154 Å². The zero-order valence-corrected chi connectivity index (χ0v) is 16.0. The lowest BCUT2D eigenvalue weighted by atomic mass is 10.2. The second kappa shape index (κ2) is 10.4. The number of anilines is 1. The van der Waals surface area contributed by atoms with Gasteiger partial charge in [0.2, 0.25) is 11.8 Å². The summed E-state index contributed by atoms with van der Waals surface area (Å²) >= 11 is 0. The van der Waals surface area contributed by atoms with Crippen LogP contribution in [0.25, 0.3) is 0 Å². The summed E-state index contributed by atoms with van der Waals surface area (Å²) in [6, 6.07) is 7.16.